The fraction of sp³-hybridized carbons (Fsp3) is 0.222. The van der Waals surface area contributed by atoms with Gasteiger partial charge in [-0.2, -0.15) is 4.72 Å². The molecular weight excluding hydrogens is 361 g/mol. The molecule has 0 spiro atoms. The number of para-hydroxylation sites is 2. The third-order valence-corrected chi connectivity index (χ3v) is 4.68. The second kappa shape index (κ2) is 9.08. The molecule has 0 aliphatic rings. The topological polar surface area (TPSA) is 73.9 Å². The molecule has 2 rings (SSSR count). The fourth-order valence-electron chi connectivity index (χ4n) is 2.03. The molecule has 138 valence electrons. The van der Waals surface area contributed by atoms with Gasteiger partial charge in [0.1, 0.15) is 23.1 Å². The summed E-state index contributed by atoms with van der Waals surface area (Å²) in [5.74, 6) is 5.80. The lowest BCUT2D eigenvalue weighted by Gasteiger charge is -2.09. The molecule has 0 amide bonds. The van der Waals surface area contributed by atoms with Gasteiger partial charge in [-0.3, -0.25) is 0 Å². The van der Waals surface area contributed by atoms with Gasteiger partial charge in [0.2, 0.25) is 10.0 Å². The predicted octanol–water partition coefficient (Wildman–Crippen LogP) is 2.20. The highest BCUT2D eigenvalue weighted by Gasteiger charge is 2.19. The van der Waals surface area contributed by atoms with Crippen molar-refractivity contribution in [1.29, 1.82) is 0 Å². The number of methoxy groups -OCH3 is 2. The largest absolute Gasteiger partial charge is 0.495 e. The summed E-state index contributed by atoms with van der Waals surface area (Å²) in [5.41, 5.74) is 0. The van der Waals surface area contributed by atoms with E-state index in [0.717, 1.165) is 12.1 Å². The molecule has 26 heavy (non-hydrogen) atoms. The summed E-state index contributed by atoms with van der Waals surface area (Å²) in [7, 11) is -1.12. The highest BCUT2D eigenvalue weighted by Crippen LogP contribution is 2.25. The van der Waals surface area contributed by atoms with E-state index >= 15 is 0 Å². The zero-order valence-electron chi connectivity index (χ0n) is 14.3. The first-order valence-corrected chi connectivity index (χ1v) is 9.01. The van der Waals surface area contributed by atoms with E-state index in [-0.39, 0.29) is 23.8 Å². The van der Waals surface area contributed by atoms with Gasteiger partial charge >= 0.3 is 0 Å². The van der Waals surface area contributed by atoms with Crippen LogP contribution in [-0.4, -0.2) is 35.8 Å². The summed E-state index contributed by atoms with van der Waals surface area (Å²) in [5, 5.41) is 0. The number of nitrogens with one attached hydrogen (secondary N) is 1. The van der Waals surface area contributed by atoms with Crippen LogP contribution in [0.2, 0.25) is 0 Å². The molecule has 0 fully saturated rings. The van der Waals surface area contributed by atoms with Crippen LogP contribution in [0.25, 0.3) is 0 Å². The van der Waals surface area contributed by atoms with Crippen molar-refractivity contribution in [2.45, 2.75) is 4.90 Å². The Kier molecular flexibility index (Phi) is 6.83. The maximum atomic E-state index is 13.3. The Balaban J connectivity index is 1.94. The van der Waals surface area contributed by atoms with Gasteiger partial charge in [0.25, 0.3) is 0 Å². The Morgan fingerprint density at radius 1 is 1.00 bits per heavy atom. The van der Waals surface area contributed by atoms with Crippen LogP contribution in [0.3, 0.4) is 0 Å². The zero-order chi connectivity index (χ0) is 19.0. The van der Waals surface area contributed by atoms with Gasteiger partial charge in [-0.05, 0) is 30.3 Å². The third-order valence-electron chi connectivity index (χ3n) is 3.26. The van der Waals surface area contributed by atoms with E-state index in [2.05, 4.69) is 16.6 Å². The highest BCUT2D eigenvalue weighted by molar-refractivity contribution is 7.89. The molecule has 0 heterocycles. The molecule has 0 radical (unpaired) electrons. The van der Waals surface area contributed by atoms with Crippen molar-refractivity contribution in [1.82, 2.24) is 4.72 Å². The highest BCUT2D eigenvalue weighted by atomic mass is 32.2. The minimum Gasteiger partial charge on any atom is -0.495 e. The van der Waals surface area contributed by atoms with Gasteiger partial charge in [0, 0.05) is 0 Å². The molecule has 0 saturated heterocycles. The predicted molar refractivity (Wildman–Crippen MR) is 94.4 cm³/mol. The van der Waals surface area contributed by atoms with E-state index in [9.17, 15) is 12.8 Å². The van der Waals surface area contributed by atoms with Crippen molar-refractivity contribution in [3.63, 3.8) is 0 Å². The normalized spacial score (nSPS) is 10.6. The molecular formula is C18H18FNO5S. The maximum Gasteiger partial charge on any atom is 0.245 e. The van der Waals surface area contributed by atoms with Crippen molar-refractivity contribution < 1.29 is 27.0 Å². The SMILES string of the molecule is COc1ccccc1OCC#CCNS(=O)(=O)c1cc(F)ccc1OC. The number of benzene rings is 2. The van der Waals surface area contributed by atoms with Crippen molar-refractivity contribution in [3.05, 3.63) is 48.3 Å². The molecule has 2 aromatic carbocycles. The van der Waals surface area contributed by atoms with Crippen LogP contribution in [0.5, 0.6) is 17.2 Å². The first kappa shape index (κ1) is 19.6. The Bertz CT molecular complexity index is 919. The van der Waals surface area contributed by atoms with Gasteiger partial charge in [0.05, 0.1) is 20.8 Å². The first-order valence-electron chi connectivity index (χ1n) is 7.52. The van der Waals surface area contributed by atoms with Gasteiger partial charge in [-0.15, -0.1) is 0 Å². The Hall–Kier alpha value is -2.76. The molecule has 0 aromatic heterocycles. The van der Waals surface area contributed by atoms with Crippen LogP contribution in [0, 0.1) is 17.7 Å². The second-order valence-electron chi connectivity index (χ2n) is 4.91. The monoisotopic (exact) mass is 379 g/mol. The first-order chi connectivity index (χ1) is 12.5. The number of hydrogen-bond donors (Lipinski definition) is 1. The molecule has 0 saturated carbocycles. The van der Waals surface area contributed by atoms with Crippen LogP contribution in [-0.2, 0) is 10.0 Å². The van der Waals surface area contributed by atoms with Gasteiger partial charge in [0.15, 0.2) is 11.5 Å². The number of halogens is 1. The molecule has 8 heteroatoms. The Morgan fingerprint density at radius 2 is 1.69 bits per heavy atom. The summed E-state index contributed by atoms with van der Waals surface area (Å²) in [6.45, 7) is -0.0946. The molecule has 1 N–H and O–H groups in total. The van der Waals surface area contributed by atoms with E-state index in [4.69, 9.17) is 14.2 Å². The Morgan fingerprint density at radius 3 is 2.38 bits per heavy atom. The third kappa shape index (κ3) is 5.12. The average Bonchev–Trinajstić information content (AvgIpc) is 2.64. The van der Waals surface area contributed by atoms with Crippen LogP contribution < -0.4 is 18.9 Å². The lowest BCUT2D eigenvalue weighted by atomic mass is 10.3. The molecule has 6 nitrogen and oxygen atoms in total. The van der Waals surface area contributed by atoms with Crippen LogP contribution in [0.4, 0.5) is 4.39 Å². The van der Waals surface area contributed by atoms with Crippen molar-refractivity contribution in [2.24, 2.45) is 0 Å². The van der Waals surface area contributed by atoms with E-state index in [1.807, 2.05) is 6.07 Å². The smallest absolute Gasteiger partial charge is 0.245 e. The maximum absolute atomic E-state index is 13.3. The van der Waals surface area contributed by atoms with E-state index in [1.54, 1.807) is 18.2 Å². The van der Waals surface area contributed by atoms with E-state index in [1.165, 1.54) is 20.3 Å². The summed E-state index contributed by atoms with van der Waals surface area (Å²) in [4.78, 5) is -0.285. The van der Waals surface area contributed by atoms with E-state index < -0.39 is 15.8 Å². The lowest BCUT2D eigenvalue weighted by Crippen LogP contribution is -2.24. The summed E-state index contributed by atoms with van der Waals surface area (Å²) >= 11 is 0. The summed E-state index contributed by atoms with van der Waals surface area (Å²) < 4.78 is 55.6. The second-order valence-corrected chi connectivity index (χ2v) is 6.65. The van der Waals surface area contributed by atoms with Crippen molar-refractivity contribution >= 4 is 10.0 Å². The molecule has 0 atom stereocenters. The molecule has 0 bridgehead atoms. The number of ether oxygens (including phenoxy) is 3. The standard InChI is InChI=1S/C18H18FNO5S/c1-23-15-7-3-4-8-16(15)25-12-6-5-11-20-26(21,22)18-13-14(19)9-10-17(18)24-2/h3-4,7-10,13,20H,11-12H2,1-2H3. The minimum absolute atomic E-state index is 0.0476. The van der Waals surface area contributed by atoms with Crippen LogP contribution in [0.1, 0.15) is 0 Å². The quantitative estimate of drug-likeness (QED) is 0.747. The number of sulfonamides is 1. The molecule has 0 unspecified atom stereocenters. The lowest BCUT2D eigenvalue weighted by molar-refractivity contribution is 0.331. The Labute approximate surface area is 151 Å². The molecule has 2 aromatic rings. The number of rotatable bonds is 7. The number of hydrogen-bond acceptors (Lipinski definition) is 5. The van der Waals surface area contributed by atoms with Crippen molar-refractivity contribution in [2.75, 3.05) is 27.4 Å². The fourth-order valence-corrected chi connectivity index (χ4v) is 3.14. The molecule has 0 aliphatic carbocycles. The van der Waals surface area contributed by atoms with Crippen molar-refractivity contribution in [3.8, 4) is 29.1 Å². The van der Waals surface area contributed by atoms with Gasteiger partial charge in [-0.1, -0.05) is 24.0 Å². The summed E-state index contributed by atoms with van der Waals surface area (Å²) in [6, 6.07) is 10.4. The van der Waals surface area contributed by atoms with E-state index in [0.29, 0.717) is 11.5 Å². The zero-order valence-corrected chi connectivity index (χ0v) is 15.1. The summed E-state index contributed by atoms with van der Waals surface area (Å²) in [6.07, 6.45) is 0. The average molecular weight is 379 g/mol. The van der Waals surface area contributed by atoms with Gasteiger partial charge in [-0.25, -0.2) is 12.8 Å². The minimum atomic E-state index is -3.95. The van der Waals surface area contributed by atoms with Gasteiger partial charge < -0.3 is 14.2 Å². The van der Waals surface area contributed by atoms with Crippen LogP contribution in [0.15, 0.2) is 47.4 Å². The molecule has 0 aliphatic heterocycles. The van der Waals surface area contributed by atoms with Crippen LogP contribution >= 0.6 is 0 Å².